The second-order valence-corrected chi connectivity index (χ2v) is 6.49. The van der Waals surface area contributed by atoms with Crippen LogP contribution in [0.2, 0.25) is 0 Å². The highest BCUT2D eigenvalue weighted by Crippen LogP contribution is 2.53. The van der Waals surface area contributed by atoms with Crippen molar-refractivity contribution < 1.29 is 10.2 Å². The average Bonchev–Trinajstić information content (AvgIpc) is 2.42. The van der Waals surface area contributed by atoms with Gasteiger partial charge in [0, 0.05) is 0 Å². The molecule has 0 aromatic heterocycles. The number of fused-ring (bicyclic) bond motifs is 1. The maximum atomic E-state index is 10.8. The first-order chi connectivity index (χ1) is 7.88. The summed E-state index contributed by atoms with van der Waals surface area (Å²) in [5, 5.41) is 21.4. The number of rotatable bonds is 1. The van der Waals surface area contributed by atoms with Gasteiger partial charge in [-0.05, 0) is 43.9 Å². The van der Waals surface area contributed by atoms with Gasteiger partial charge >= 0.3 is 0 Å². The fraction of sp³-hybridized carbons (Fsp3) is 0.867. The van der Waals surface area contributed by atoms with Crippen LogP contribution in [0.3, 0.4) is 0 Å². The van der Waals surface area contributed by atoms with E-state index in [1.54, 1.807) is 0 Å². The van der Waals surface area contributed by atoms with Crippen LogP contribution in [0.25, 0.3) is 0 Å². The fourth-order valence-electron chi connectivity index (χ4n) is 4.21. The van der Waals surface area contributed by atoms with E-state index in [1.165, 1.54) is 12.8 Å². The van der Waals surface area contributed by atoms with Crippen LogP contribution in [0, 0.1) is 23.7 Å². The zero-order valence-electron chi connectivity index (χ0n) is 11.5. The quantitative estimate of drug-likeness (QED) is 0.690. The molecule has 0 radical (unpaired) electrons. The molecule has 2 nitrogen and oxygen atoms in total. The van der Waals surface area contributed by atoms with Gasteiger partial charge in [0.05, 0.1) is 6.10 Å². The number of aliphatic hydroxyl groups is 2. The minimum Gasteiger partial charge on any atom is -0.389 e. The Labute approximate surface area is 105 Å². The molecule has 2 rings (SSSR count). The summed E-state index contributed by atoms with van der Waals surface area (Å²) in [5.41, 5.74) is 0.0805. The molecule has 2 saturated carbocycles. The lowest BCUT2D eigenvalue weighted by molar-refractivity contribution is -0.0588. The van der Waals surface area contributed by atoms with E-state index < -0.39 is 11.7 Å². The molecular weight excluding hydrogens is 212 g/mol. The molecule has 2 aliphatic carbocycles. The Kier molecular flexibility index (Phi) is 3.39. The Morgan fingerprint density at radius 3 is 2.41 bits per heavy atom. The Morgan fingerprint density at radius 1 is 1.24 bits per heavy atom. The van der Waals surface area contributed by atoms with Gasteiger partial charge in [-0.2, -0.15) is 0 Å². The van der Waals surface area contributed by atoms with Crippen LogP contribution in [0.1, 0.15) is 47.0 Å². The predicted octanol–water partition coefficient (Wildman–Crippen LogP) is 2.75. The first-order valence-corrected chi connectivity index (χ1v) is 6.94. The van der Waals surface area contributed by atoms with Crippen molar-refractivity contribution in [3.05, 3.63) is 11.6 Å². The molecule has 0 aromatic rings. The van der Waals surface area contributed by atoms with Crippen molar-refractivity contribution in [3.63, 3.8) is 0 Å². The standard InChI is InChI=1S/C15H26O2/c1-9(2)8-15(17)11(4)12-7-5-6-10(3)13(12)14(15)16/h8,10-14,16-17H,5-7H2,1-4H3. The highest BCUT2D eigenvalue weighted by Gasteiger charge is 2.57. The summed E-state index contributed by atoms with van der Waals surface area (Å²) in [7, 11) is 0. The van der Waals surface area contributed by atoms with E-state index in [0.29, 0.717) is 11.8 Å². The molecule has 0 aliphatic heterocycles. The molecule has 0 amide bonds. The zero-order chi connectivity index (χ0) is 12.8. The van der Waals surface area contributed by atoms with Crippen LogP contribution in [-0.2, 0) is 0 Å². The second kappa shape index (κ2) is 4.40. The molecule has 17 heavy (non-hydrogen) atoms. The van der Waals surface area contributed by atoms with Crippen LogP contribution < -0.4 is 0 Å². The Hall–Kier alpha value is -0.340. The molecule has 2 fully saturated rings. The third-order valence-corrected chi connectivity index (χ3v) is 5.08. The van der Waals surface area contributed by atoms with Crippen LogP contribution in [0.15, 0.2) is 11.6 Å². The van der Waals surface area contributed by atoms with E-state index in [4.69, 9.17) is 0 Å². The molecule has 0 spiro atoms. The van der Waals surface area contributed by atoms with Crippen molar-refractivity contribution in [2.75, 3.05) is 0 Å². The normalized spacial score (nSPS) is 49.9. The maximum absolute atomic E-state index is 10.8. The molecule has 2 aliphatic rings. The number of allylic oxidation sites excluding steroid dienone is 1. The summed E-state index contributed by atoms with van der Waals surface area (Å²) in [6.07, 6.45) is 4.88. The lowest BCUT2D eigenvalue weighted by Crippen LogP contribution is -2.43. The van der Waals surface area contributed by atoms with Crippen LogP contribution in [0.5, 0.6) is 0 Å². The van der Waals surface area contributed by atoms with Crippen LogP contribution >= 0.6 is 0 Å². The molecule has 98 valence electrons. The molecule has 2 heteroatoms. The number of hydrogen-bond acceptors (Lipinski definition) is 2. The largest absolute Gasteiger partial charge is 0.389 e. The number of aliphatic hydroxyl groups excluding tert-OH is 1. The summed E-state index contributed by atoms with van der Waals surface area (Å²) in [6, 6.07) is 0. The van der Waals surface area contributed by atoms with Crippen LogP contribution in [-0.4, -0.2) is 21.9 Å². The predicted molar refractivity (Wildman–Crippen MR) is 69.5 cm³/mol. The Morgan fingerprint density at radius 2 is 1.88 bits per heavy atom. The van der Waals surface area contributed by atoms with E-state index in [9.17, 15) is 10.2 Å². The smallest absolute Gasteiger partial charge is 0.112 e. The molecular formula is C15H26O2. The average molecular weight is 238 g/mol. The fourth-order valence-corrected chi connectivity index (χ4v) is 4.21. The summed E-state index contributed by atoms with van der Waals surface area (Å²) in [4.78, 5) is 0. The topological polar surface area (TPSA) is 40.5 Å². The third kappa shape index (κ3) is 1.96. The van der Waals surface area contributed by atoms with Gasteiger partial charge in [0.15, 0.2) is 0 Å². The summed E-state index contributed by atoms with van der Waals surface area (Å²) in [5.74, 6) is 1.46. The van der Waals surface area contributed by atoms with E-state index in [2.05, 4.69) is 13.8 Å². The molecule has 2 N–H and O–H groups in total. The summed E-state index contributed by atoms with van der Waals surface area (Å²) in [6.45, 7) is 8.30. The van der Waals surface area contributed by atoms with Crippen molar-refractivity contribution in [2.45, 2.75) is 58.7 Å². The monoisotopic (exact) mass is 238 g/mol. The highest BCUT2D eigenvalue weighted by atomic mass is 16.3. The van der Waals surface area contributed by atoms with Gasteiger partial charge < -0.3 is 10.2 Å². The van der Waals surface area contributed by atoms with E-state index >= 15 is 0 Å². The minimum atomic E-state index is -1.01. The van der Waals surface area contributed by atoms with Crippen LogP contribution in [0.4, 0.5) is 0 Å². The van der Waals surface area contributed by atoms with E-state index in [-0.39, 0.29) is 11.8 Å². The highest BCUT2D eigenvalue weighted by molar-refractivity contribution is 5.19. The van der Waals surface area contributed by atoms with E-state index in [1.807, 2.05) is 19.9 Å². The molecule has 0 aromatic carbocycles. The number of hydrogen-bond donors (Lipinski definition) is 2. The molecule has 0 bridgehead atoms. The Balaban J connectivity index is 2.35. The van der Waals surface area contributed by atoms with Crippen molar-refractivity contribution in [3.8, 4) is 0 Å². The van der Waals surface area contributed by atoms with Gasteiger partial charge in [0.1, 0.15) is 5.60 Å². The zero-order valence-corrected chi connectivity index (χ0v) is 11.5. The SMILES string of the molecule is CC(C)=CC1(O)C(C)C2CCCC(C)C2C1O. The van der Waals surface area contributed by atoms with Crippen molar-refractivity contribution in [2.24, 2.45) is 23.7 Å². The molecule has 0 heterocycles. The molecule has 6 atom stereocenters. The minimum absolute atomic E-state index is 0.167. The first-order valence-electron chi connectivity index (χ1n) is 6.94. The molecule has 0 saturated heterocycles. The lowest BCUT2D eigenvalue weighted by Gasteiger charge is -2.34. The van der Waals surface area contributed by atoms with Gasteiger partial charge in [0.25, 0.3) is 0 Å². The van der Waals surface area contributed by atoms with Gasteiger partial charge in [-0.15, -0.1) is 0 Å². The summed E-state index contributed by atoms with van der Waals surface area (Å²) < 4.78 is 0. The lowest BCUT2D eigenvalue weighted by atomic mass is 9.72. The molecule has 6 unspecified atom stereocenters. The second-order valence-electron chi connectivity index (χ2n) is 6.49. The van der Waals surface area contributed by atoms with Crippen molar-refractivity contribution in [1.29, 1.82) is 0 Å². The van der Waals surface area contributed by atoms with Gasteiger partial charge in [-0.3, -0.25) is 0 Å². The van der Waals surface area contributed by atoms with Gasteiger partial charge in [0.2, 0.25) is 0 Å². The van der Waals surface area contributed by atoms with Gasteiger partial charge in [-0.25, -0.2) is 0 Å². The van der Waals surface area contributed by atoms with E-state index in [0.717, 1.165) is 12.0 Å². The van der Waals surface area contributed by atoms with Gasteiger partial charge in [-0.1, -0.05) is 38.3 Å². The van der Waals surface area contributed by atoms with Crippen molar-refractivity contribution >= 4 is 0 Å². The third-order valence-electron chi connectivity index (χ3n) is 5.08. The summed E-state index contributed by atoms with van der Waals surface area (Å²) >= 11 is 0. The van der Waals surface area contributed by atoms with Crippen molar-refractivity contribution in [1.82, 2.24) is 0 Å². The Bertz CT molecular complexity index is 319. The first kappa shape index (κ1) is 13.1. The maximum Gasteiger partial charge on any atom is 0.112 e.